The van der Waals surface area contributed by atoms with Gasteiger partial charge in [0, 0.05) is 21.2 Å². The van der Waals surface area contributed by atoms with E-state index in [9.17, 15) is 23.2 Å². The average Bonchev–Trinajstić information content (AvgIpc) is 2.63. The van der Waals surface area contributed by atoms with E-state index in [4.69, 9.17) is 46.4 Å². The van der Waals surface area contributed by atoms with Gasteiger partial charge in [-0.25, -0.2) is 0 Å². The van der Waals surface area contributed by atoms with Gasteiger partial charge in [0.05, 0.1) is 10.0 Å². The largest absolute Gasteiger partial charge is 0.506 e. The quantitative estimate of drug-likeness (QED) is 0.311. The van der Waals surface area contributed by atoms with Gasteiger partial charge in [0.1, 0.15) is 11.5 Å². The maximum atomic E-state index is 13.0. The molecular weight excluding hydrogens is 482 g/mol. The molecule has 0 heterocycles. The lowest BCUT2D eigenvalue weighted by Crippen LogP contribution is -2.38. The maximum Gasteiger partial charge on any atom is 0.283 e. The normalized spacial score (nSPS) is 13.8. The third-order valence-corrected chi connectivity index (χ3v) is 7.01. The van der Waals surface area contributed by atoms with E-state index in [1.54, 1.807) is 0 Å². The molecule has 0 aliphatic heterocycles. The molecule has 0 saturated carbocycles. The number of phenolic OH excluding ortho intramolecular Hbond substituents is 2. The van der Waals surface area contributed by atoms with Crippen molar-refractivity contribution in [1.29, 1.82) is 0 Å². The van der Waals surface area contributed by atoms with Crippen LogP contribution < -0.4 is 0 Å². The van der Waals surface area contributed by atoms with Crippen molar-refractivity contribution in [2.24, 2.45) is 0 Å². The summed E-state index contributed by atoms with van der Waals surface area (Å²) in [5.41, 5.74) is -0.601. The van der Waals surface area contributed by atoms with Crippen LogP contribution in [0.5, 0.6) is 11.5 Å². The van der Waals surface area contributed by atoms with Gasteiger partial charge in [0.25, 0.3) is 10.1 Å². The van der Waals surface area contributed by atoms with E-state index in [-0.39, 0.29) is 31.8 Å². The first-order chi connectivity index (χ1) is 13.5. The molecule has 1 atom stereocenters. The molecule has 152 valence electrons. The van der Waals surface area contributed by atoms with Crippen LogP contribution in [0.25, 0.3) is 0 Å². The van der Waals surface area contributed by atoms with E-state index < -0.39 is 26.4 Å². The van der Waals surface area contributed by atoms with E-state index >= 15 is 0 Å². The van der Waals surface area contributed by atoms with Crippen LogP contribution in [0.2, 0.25) is 20.1 Å². The summed E-state index contributed by atoms with van der Waals surface area (Å²) >= 11 is 24.3. The van der Waals surface area contributed by atoms with Gasteiger partial charge < -0.3 is 10.2 Å². The third kappa shape index (κ3) is 3.65. The van der Waals surface area contributed by atoms with Crippen molar-refractivity contribution in [3.8, 4) is 11.5 Å². The first-order valence-electron chi connectivity index (χ1n) is 7.89. The number of phenols is 2. The van der Waals surface area contributed by atoms with Gasteiger partial charge in [0.15, 0.2) is 4.75 Å². The van der Waals surface area contributed by atoms with Crippen molar-refractivity contribution in [2.45, 2.75) is 4.75 Å². The second-order valence-corrected chi connectivity index (χ2v) is 9.31. The molecule has 3 N–H and O–H groups in total. The van der Waals surface area contributed by atoms with Crippen LogP contribution in [0.3, 0.4) is 0 Å². The first kappa shape index (κ1) is 22.0. The number of rotatable bonds is 4. The molecule has 29 heavy (non-hydrogen) atoms. The molecule has 3 rings (SSSR count). The molecule has 5 nitrogen and oxygen atoms in total. The topological polar surface area (TPSA) is 94.8 Å². The summed E-state index contributed by atoms with van der Waals surface area (Å²) < 4.78 is 33.9. The Bertz CT molecular complexity index is 1200. The van der Waals surface area contributed by atoms with Crippen LogP contribution in [0.15, 0.2) is 54.6 Å². The number of halogens is 4. The van der Waals surface area contributed by atoms with E-state index in [1.807, 2.05) is 0 Å². The Hall–Kier alpha value is -1.67. The Morgan fingerprint density at radius 1 is 0.793 bits per heavy atom. The molecule has 10 heteroatoms. The van der Waals surface area contributed by atoms with Crippen LogP contribution in [0, 0.1) is 0 Å². The Labute approximate surface area is 186 Å². The number of benzene rings is 3. The van der Waals surface area contributed by atoms with Crippen LogP contribution in [-0.4, -0.2) is 23.2 Å². The minimum atomic E-state index is -5.11. The van der Waals surface area contributed by atoms with Gasteiger partial charge in [-0.3, -0.25) is 4.55 Å². The molecule has 0 aliphatic rings. The van der Waals surface area contributed by atoms with Crippen molar-refractivity contribution in [3.05, 3.63) is 91.4 Å². The standard InChI is InChI=1S/C19H12Cl4O5S/c20-11-6-4-10(5-7-11)19(29(26,27)28,13-2-1-3-16(24)17(13)23)14-8-12(21)9-15(22)18(14)25/h1-9,24-25H,(H,26,27,28). The fourth-order valence-electron chi connectivity index (χ4n) is 3.19. The lowest BCUT2D eigenvalue weighted by atomic mass is 9.83. The van der Waals surface area contributed by atoms with Gasteiger partial charge in [-0.05, 0) is 35.9 Å². The van der Waals surface area contributed by atoms with Gasteiger partial charge in [0.2, 0.25) is 0 Å². The van der Waals surface area contributed by atoms with Gasteiger partial charge >= 0.3 is 0 Å². The second kappa shape index (κ2) is 7.87. The van der Waals surface area contributed by atoms with Gasteiger partial charge in [-0.1, -0.05) is 70.7 Å². The van der Waals surface area contributed by atoms with Crippen LogP contribution in [0.4, 0.5) is 0 Å². The second-order valence-electron chi connectivity index (χ2n) is 6.09. The Kier molecular flexibility index (Phi) is 5.98. The monoisotopic (exact) mass is 492 g/mol. The summed E-state index contributed by atoms with van der Waals surface area (Å²) in [6, 6.07) is 11.7. The molecule has 0 saturated heterocycles. The molecular formula is C19H12Cl4O5S. The highest BCUT2D eigenvalue weighted by Gasteiger charge is 2.52. The predicted molar refractivity (Wildman–Crippen MR) is 114 cm³/mol. The Morgan fingerprint density at radius 3 is 2.00 bits per heavy atom. The van der Waals surface area contributed by atoms with Crippen LogP contribution >= 0.6 is 46.4 Å². The minimum absolute atomic E-state index is 0.000985. The summed E-state index contributed by atoms with van der Waals surface area (Å²) in [4.78, 5) is 0. The Balaban J connectivity index is 2.63. The first-order valence-corrected chi connectivity index (χ1v) is 10.8. The summed E-state index contributed by atoms with van der Waals surface area (Å²) in [6.07, 6.45) is 0. The summed E-state index contributed by atoms with van der Waals surface area (Å²) in [5.74, 6) is -1.07. The lowest BCUT2D eigenvalue weighted by molar-refractivity contribution is 0.439. The molecule has 0 radical (unpaired) electrons. The minimum Gasteiger partial charge on any atom is -0.506 e. The molecule has 0 spiro atoms. The zero-order valence-corrected chi connectivity index (χ0v) is 18.1. The molecule has 0 amide bonds. The van der Waals surface area contributed by atoms with E-state index in [2.05, 4.69) is 0 Å². The summed E-state index contributed by atoms with van der Waals surface area (Å²) in [5, 5.41) is 20.5. The highest BCUT2D eigenvalue weighted by Crippen LogP contribution is 2.52. The average molecular weight is 494 g/mol. The van der Waals surface area contributed by atoms with Crippen molar-refractivity contribution in [2.75, 3.05) is 0 Å². The molecule has 0 aliphatic carbocycles. The summed E-state index contributed by atoms with van der Waals surface area (Å²) in [7, 11) is -5.11. The number of aromatic hydroxyl groups is 2. The molecule has 3 aromatic rings. The maximum absolute atomic E-state index is 13.0. The van der Waals surface area contributed by atoms with E-state index in [1.165, 1.54) is 48.5 Å². The number of hydrogen-bond acceptors (Lipinski definition) is 4. The van der Waals surface area contributed by atoms with Crippen molar-refractivity contribution in [1.82, 2.24) is 0 Å². The molecule has 1 unspecified atom stereocenters. The smallest absolute Gasteiger partial charge is 0.283 e. The third-order valence-electron chi connectivity index (χ3n) is 4.40. The molecule has 0 bridgehead atoms. The van der Waals surface area contributed by atoms with Crippen molar-refractivity contribution in [3.63, 3.8) is 0 Å². The van der Waals surface area contributed by atoms with E-state index in [0.717, 1.165) is 6.07 Å². The summed E-state index contributed by atoms with van der Waals surface area (Å²) in [6.45, 7) is 0. The molecule has 0 aromatic heterocycles. The van der Waals surface area contributed by atoms with Crippen molar-refractivity contribution >= 4 is 56.5 Å². The van der Waals surface area contributed by atoms with Crippen LogP contribution in [0.1, 0.15) is 16.7 Å². The van der Waals surface area contributed by atoms with Crippen LogP contribution in [-0.2, 0) is 14.9 Å². The predicted octanol–water partition coefficient (Wildman–Crippen LogP) is 5.89. The van der Waals surface area contributed by atoms with E-state index in [0.29, 0.717) is 5.02 Å². The Morgan fingerprint density at radius 2 is 1.41 bits per heavy atom. The highest BCUT2D eigenvalue weighted by molar-refractivity contribution is 7.87. The SMILES string of the molecule is O=S(=O)(O)C(c1ccc(Cl)cc1)(c1cc(Cl)cc(Cl)c1O)c1cccc(O)c1Cl. The zero-order chi connectivity index (χ0) is 21.6. The van der Waals surface area contributed by atoms with Gasteiger partial charge in [-0.2, -0.15) is 8.42 Å². The number of hydrogen-bond donors (Lipinski definition) is 3. The van der Waals surface area contributed by atoms with Gasteiger partial charge in [-0.15, -0.1) is 0 Å². The molecule has 3 aromatic carbocycles. The lowest BCUT2D eigenvalue weighted by Gasteiger charge is -2.34. The molecule has 0 fully saturated rings. The fraction of sp³-hybridized carbons (Fsp3) is 0.0526. The highest BCUT2D eigenvalue weighted by atomic mass is 35.5. The zero-order valence-electron chi connectivity index (χ0n) is 14.3. The van der Waals surface area contributed by atoms with Crippen molar-refractivity contribution < 1.29 is 23.2 Å². The fourth-order valence-corrected chi connectivity index (χ4v) is 5.45.